The van der Waals surface area contributed by atoms with Gasteiger partial charge in [-0.05, 0) is 25.0 Å². The van der Waals surface area contributed by atoms with Gasteiger partial charge in [-0.15, -0.1) is 0 Å². The number of hydrogen-bond acceptors (Lipinski definition) is 3. The molecule has 2 rings (SSSR count). The molecule has 118 valence electrons. The van der Waals surface area contributed by atoms with Crippen LogP contribution in [0.1, 0.15) is 39.6 Å². The first-order valence-electron chi connectivity index (χ1n) is 7.48. The lowest BCUT2D eigenvalue weighted by Crippen LogP contribution is -2.38. The summed E-state index contributed by atoms with van der Waals surface area (Å²) in [6, 6.07) is 16.0. The van der Waals surface area contributed by atoms with E-state index in [2.05, 4.69) is 5.32 Å². The van der Waals surface area contributed by atoms with Crippen molar-refractivity contribution >= 4 is 18.0 Å². The van der Waals surface area contributed by atoms with E-state index in [4.69, 9.17) is 0 Å². The molecule has 0 aliphatic heterocycles. The number of benzene rings is 2. The van der Waals surface area contributed by atoms with Crippen LogP contribution in [-0.4, -0.2) is 24.0 Å². The largest absolute Gasteiger partial charge is 0.349 e. The highest BCUT2D eigenvalue weighted by atomic mass is 16.2. The number of amides is 1. The lowest BCUT2D eigenvalue weighted by atomic mass is 10.0. The minimum absolute atomic E-state index is 0.00917. The fraction of sp³-hybridized carbons (Fsp3) is 0.211. The summed E-state index contributed by atoms with van der Waals surface area (Å²) in [4.78, 5) is 35.0. The second-order valence-electron chi connectivity index (χ2n) is 5.47. The normalized spacial score (nSPS) is 11.5. The monoisotopic (exact) mass is 309 g/mol. The number of Topliss-reactive ketones (excluding diaryl/α,β-unsaturated/α-hetero) is 1. The Balaban J connectivity index is 2.15. The molecule has 1 atom stereocenters. The second kappa shape index (κ2) is 8.03. The molecular formula is C19H19NO3. The third-order valence-corrected chi connectivity index (χ3v) is 3.53. The van der Waals surface area contributed by atoms with Gasteiger partial charge in [-0.3, -0.25) is 14.4 Å². The van der Waals surface area contributed by atoms with Crippen LogP contribution in [0.3, 0.4) is 0 Å². The molecule has 0 spiro atoms. The van der Waals surface area contributed by atoms with Crippen molar-refractivity contribution in [3.63, 3.8) is 0 Å². The molecule has 0 saturated heterocycles. The number of nitrogens with one attached hydrogen (secondary N) is 1. The zero-order chi connectivity index (χ0) is 16.7. The van der Waals surface area contributed by atoms with Crippen LogP contribution in [0.4, 0.5) is 0 Å². The van der Waals surface area contributed by atoms with Gasteiger partial charge in [-0.2, -0.15) is 0 Å². The molecule has 1 N–H and O–H groups in total. The van der Waals surface area contributed by atoms with Gasteiger partial charge in [0.1, 0.15) is 5.78 Å². The summed E-state index contributed by atoms with van der Waals surface area (Å²) in [5, 5.41) is 2.87. The summed E-state index contributed by atoms with van der Waals surface area (Å²) < 4.78 is 0. The molecular weight excluding hydrogens is 290 g/mol. The van der Waals surface area contributed by atoms with E-state index in [0.29, 0.717) is 23.8 Å². The molecule has 0 saturated carbocycles. The summed E-state index contributed by atoms with van der Waals surface area (Å²) in [6.45, 7) is 1.50. The van der Waals surface area contributed by atoms with Crippen LogP contribution < -0.4 is 5.32 Å². The van der Waals surface area contributed by atoms with Crippen molar-refractivity contribution in [1.82, 2.24) is 5.32 Å². The Labute approximate surface area is 135 Å². The highest BCUT2D eigenvalue weighted by Crippen LogP contribution is 2.10. The smallest absolute Gasteiger partial charge is 0.252 e. The summed E-state index contributed by atoms with van der Waals surface area (Å²) in [7, 11) is 0. The van der Waals surface area contributed by atoms with Crippen LogP contribution in [0.15, 0.2) is 54.6 Å². The maximum Gasteiger partial charge on any atom is 0.252 e. The molecule has 4 nitrogen and oxygen atoms in total. The van der Waals surface area contributed by atoms with E-state index in [0.717, 1.165) is 5.56 Å². The predicted octanol–water partition coefficient (Wildman–Crippen LogP) is 2.82. The third kappa shape index (κ3) is 4.88. The maximum absolute atomic E-state index is 12.4. The molecule has 0 bridgehead atoms. The van der Waals surface area contributed by atoms with Gasteiger partial charge in [0.2, 0.25) is 0 Å². The lowest BCUT2D eigenvalue weighted by Gasteiger charge is -2.18. The van der Waals surface area contributed by atoms with E-state index in [1.807, 2.05) is 30.3 Å². The zero-order valence-corrected chi connectivity index (χ0v) is 13.0. The second-order valence-corrected chi connectivity index (χ2v) is 5.47. The number of carbonyl (C=O) groups is 3. The topological polar surface area (TPSA) is 63.2 Å². The van der Waals surface area contributed by atoms with Gasteiger partial charge in [0, 0.05) is 23.6 Å². The molecule has 0 aliphatic carbocycles. The Morgan fingerprint density at radius 1 is 1.04 bits per heavy atom. The summed E-state index contributed by atoms with van der Waals surface area (Å²) in [5.74, 6) is -0.329. The van der Waals surface area contributed by atoms with Crippen LogP contribution >= 0.6 is 0 Å². The van der Waals surface area contributed by atoms with Crippen molar-refractivity contribution in [2.75, 3.05) is 0 Å². The Bertz CT molecular complexity index is 695. The lowest BCUT2D eigenvalue weighted by molar-refractivity contribution is -0.117. The van der Waals surface area contributed by atoms with E-state index in [1.165, 1.54) is 6.92 Å². The molecule has 1 amide bonds. The van der Waals surface area contributed by atoms with Gasteiger partial charge in [0.15, 0.2) is 6.29 Å². The molecule has 0 aromatic heterocycles. The van der Waals surface area contributed by atoms with Gasteiger partial charge in [0.05, 0.1) is 0 Å². The van der Waals surface area contributed by atoms with Crippen LogP contribution in [0.25, 0.3) is 0 Å². The third-order valence-electron chi connectivity index (χ3n) is 3.53. The zero-order valence-electron chi connectivity index (χ0n) is 13.0. The van der Waals surface area contributed by atoms with Gasteiger partial charge >= 0.3 is 0 Å². The highest BCUT2D eigenvalue weighted by molar-refractivity contribution is 6.01. The summed E-state index contributed by atoms with van der Waals surface area (Å²) in [6.07, 6.45) is 1.48. The van der Waals surface area contributed by atoms with E-state index >= 15 is 0 Å². The average Bonchev–Trinajstić information content (AvgIpc) is 2.55. The van der Waals surface area contributed by atoms with Crippen molar-refractivity contribution in [2.45, 2.75) is 25.8 Å². The van der Waals surface area contributed by atoms with Crippen molar-refractivity contribution in [2.24, 2.45) is 0 Å². The molecule has 1 unspecified atom stereocenters. The van der Waals surface area contributed by atoms with Crippen LogP contribution in [-0.2, 0) is 11.2 Å². The van der Waals surface area contributed by atoms with Crippen molar-refractivity contribution < 1.29 is 14.4 Å². The van der Waals surface area contributed by atoms with Gasteiger partial charge < -0.3 is 5.32 Å². The number of hydrogen-bond donors (Lipinski definition) is 1. The first-order valence-corrected chi connectivity index (χ1v) is 7.48. The maximum atomic E-state index is 12.4. The van der Waals surface area contributed by atoms with Crippen molar-refractivity contribution in [3.05, 3.63) is 71.3 Å². The van der Waals surface area contributed by atoms with Gasteiger partial charge in [0.25, 0.3) is 5.91 Å². The van der Waals surface area contributed by atoms with Crippen molar-refractivity contribution in [3.8, 4) is 0 Å². The standard InChI is InChI=1S/C19H19NO3/c1-14(22)11-17(12-15-7-3-2-4-8-15)20-19(23)18-10-6-5-9-16(18)13-21/h2-10,13,17H,11-12H2,1H3,(H,20,23). The quantitative estimate of drug-likeness (QED) is 0.800. The van der Waals surface area contributed by atoms with E-state index < -0.39 is 0 Å². The molecule has 0 heterocycles. The van der Waals surface area contributed by atoms with Gasteiger partial charge in [-0.1, -0.05) is 48.5 Å². The van der Waals surface area contributed by atoms with E-state index in [9.17, 15) is 14.4 Å². The average molecular weight is 309 g/mol. The Morgan fingerprint density at radius 2 is 1.70 bits per heavy atom. The first-order chi connectivity index (χ1) is 11.1. The minimum atomic E-state index is -0.338. The first kappa shape index (κ1) is 16.6. The van der Waals surface area contributed by atoms with Crippen LogP contribution in [0.5, 0.6) is 0 Å². The Hall–Kier alpha value is -2.75. The van der Waals surface area contributed by atoms with E-state index in [-0.39, 0.29) is 24.2 Å². The highest BCUT2D eigenvalue weighted by Gasteiger charge is 2.18. The number of ketones is 1. The van der Waals surface area contributed by atoms with Crippen LogP contribution in [0, 0.1) is 0 Å². The predicted molar refractivity (Wildman–Crippen MR) is 88.5 cm³/mol. The molecule has 2 aromatic carbocycles. The Kier molecular flexibility index (Phi) is 5.80. The molecule has 2 aromatic rings. The molecule has 0 radical (unpaired) electrons. The fourth-order valence-electron chi connectivity index (χ4n) is 2.49. The number of carbonyl (C=O) groups excluding carboxylic acids is 3. The number of aldehydes is 1. The van der Waals surface area contributed by atoms with Gasteiger partial charge in [-0.25, -0.2) is 0 Å². The molecule has 4 heteroatoms. The summed E-state index contributed by atoms with van der Waals surface area (Å²) >= 11 is 0. The molecule has 0 fully saturated rings. The minimum Gasteiger partial charge on any atom is -0.349 e. The summed E-state index contributed by atoms with van der Waals surface area (Å²) in [5.41, 5.74) is 1.71. The fourth-order valence-corrected chi connectivity index (χ4v) is 2.49. The van der Waals surface area contributed by atoms with Crippen LogP contribution in [0.2, 0.25) is 0 Å². The Morgan fingerprint density at radius 3 is 2.35 bits per heavy atom. The van der Waals surface area contributed by atoms with E-state index in [1.54, 1.807) is 24.3 Å². The SMILES string of the molecule is CC(=O)CC(Cc1ccccc1)NC(=O)c1ccccc1C=O. The molecule has 23 heavy (non-hydrogen) atoms. The molecule has 0 aliphatic rings. The number of rotatable bonds is 7. The van der Waals surface area contributed by atoms with Crippen molar-refractivity contribution in [1.29, 1.82) is 0 Å².